The Bertz CT molecular complexity index is 405. The van der Waals surface area contributed by atoms with Gasteiger partial charge >= 0.3 is 0 Å². The van der Waals surface area contributed by atoms with Crippen molar-refractivity contribution >= 4 is 5.78 Å². The van der Waals surface area contributed by atoms with Gasteiger partial charge in [-0.1, -0.05) is 20.8 Å². The van der Waals surface area contributed by atoms with E-state index in [9.17, 15) is 15.0 Å². The molecule has 0 radical (unpaired) electrons. The van der Waals surface area contributed by atoms with Gasteiger partial charge in [0.1, 0.15) is 5.78 Å². The minimum absolute atomic E-state index is 0.0619. The van der Waals surface area contributed by atoms with Crippen molar-refractivity contribution in [1.29, 1.82) is 0 Å². The van der Waals surface area contributed by atoms with Gasteiger partial charge in [0.25, 0.3) is 0 Å². The first kappa shape index (κ1) is 12.6. The highest BCUT2D eigenvalue weighted by Crippen LogP contribution is 2.72. The van der Waals surface area contributed by atoms with Crippen molar-refractivity contribution < 1.29 is 15.0 Å². The Morgan fingerprint density at radius 1 is 1.17 bits per heavy atom. The van der Waals surface area contributed by atoms with Crippen LogP contribution in [0.2, 0.25) is 0 Å². The van der Waals surface area contributed by atoms with Gasteiger partial charge in [-0.25, -0.2) is 0 Å². The lowest BCUT2D eigenvalue weighted by molar-refractivity contribution is -0.141. The van der Waals surface area contributed by atoms with E-state index in [0.29, 0.717) is 18.8 Å². The molecule has 0 amide bonds. The van der Waals surface area contributed by atoms with E-state index in [-0.39, 0.29) is 23.5 Å². The second-order valence-electron chi connectivity index (χ2n) is 7.39. The van der Waals surface area contributed by atoms with Gasteiger partial charge < -0.3 is 10.2 Å². The van der Waals surface area contributed by atoms with Crippen LogP contribution >= 0.6 is 0 Å². The summed E-state index contributed by atoms with van der Waals surface area (Å²) in [6.45, 7) is 8.18. The van der Waals surface area contributed by atoms with Crippen LogP contribution < -0.4 is 0 Å². The molecule has 3 aliphatic rings. The highest BCUT2D eigenvalue weighted by molar-refractivity contribution is 5.93. The molecule has 0 saturated heterocycles. The van der Waals surface area contributed by atoms with E-state index >= 15 is 0 Å². The summed E-state index contributed by atoms with van der Waals surface area (Å²) in [5.41, 5.74) is -1.15. The summed E-state index contributed by atoms with van der Waals surface area (Å²) in [4.78, 5) is 12.8. The molecule has 2 N–H and O–H groups in total. The second-order valence-corrected chi connectivity index (χ2v) is 7.39. The summed E-state index contributed by atoms with van der Waals surface area (Å²) in [6, 6.07) is 0. The molecular formula is C15H24O3. The zero-order valence-electron chi connectivity index (χ0n) is 11.7. The molecule has 3 aliphatic carbocycles. The number of carbonyl (C=O) groups is 1. The Hall–Kier alpha value is -0.410. The quantitative estimate of drug-likeness (QED) is 0.745. The fraction of sp³-hybridized carbons (Fsp3) is 0.933. The van der Waals surface area contributed by atoms with Crippen LogP contribution in [-0.2, 0) is 4.79 Å². The van der Waals surface area contributed by atoms with Gasteiger partial charge in [-0.15, -0.1) is 0 Å². The van der Waals surface area contributed by atoms with Crippen molar-refractivity contribution in [1.82, 2.24) is 0 Å². The molecule has 0 heterocycles. The average molecular weight is 252 g/mol. The van der Waals surface area contributed by atoms with Crippen LogP contribution in [0.5, 0.6) is 0 Å². The largest absolute Gasteiger partial charge is 0.393 e. The monoisotopic (exact) mass is 252 g/mol. The maximum absolute atomic E-state index is 12.8. The Labute approximate surface area is 109 Å². The number of hydrogen-bond donors (Lipinski definition) is 2. The molecule has 0 unspecified atom stereocenters. The molecule has 3 saturated carbocycles. The molecule has 3 heteroatoms. The number of hydrogen-bond acceptors (Lipinski definition) is 3. The van der Waals surface area contributed by atoms with E-state index in [1.807, 2.05) is 13.8 Å². The topological polar surface area (TPSA) is 57.5 Å². The van der Waals surface area contributed by atoms with Crippen LogP contribution in [0.1, 0.15) is 40.5 Å². The van der Waals surface area contributed by atoms with Gasteiger partial charge in [0.05, 0.1) is 17.6 Å². The molecule has 3 nitrogen and oxygen atoms in total. The number of carbonyl (C=O) groups excluding carboxylic acids is 1. The third-order valence-corrected chi connectivity index (χ3v) is 6.79. The number of rotatable bonds is 1. The molecule has 102 valence electrons. The first-order valence-corrected chi connectivity index (χ1v) is 7.16. The van der Waals surface area contributed by atoms with E-state index < -0.39 is 23.0 Å². The van der Waals surface area contributed by atoms with Crippen LogP contribution in [0.15, 0.2) is 0 Å². The molecule has 3 fully saturated rings. The van der Waals surface area contributed by atoms with Crippen LogP contribution in [0.25, 0.3) is 0 Å². The highest BCUT2D eigenvalue weighted by atomic mass is 16.3. The molecular weight excluding hydrogens is 228 g/mol. The summed E-state index contributed by atoms with van der Waals surface area (Å²) in [6.07, 6.45) is 0.365. The molecule has 4 bridgehead atoms. The molecule has 18 heavy (non-hydrogen) atoms. The Morgan fingerprint density at radius 3 is 2.33 bits per heavy atom. The van der Waals surface area contributed by atoms with Gasteiger partial charge in [0, 0.05) is 11.3 Å². The Morgan fingerprint density at radius 2 is 1.78 bits per heavy atom. The fourth-order valence-corrected chi connectivity index (χ4v) is 5.37. The summed E-state index contributed by atoms with van der Waals surface area (Å²) < 4.78 is 0. The minimum atomic E-state index is -0.731. The molecule has 0 aliphatic heterocycles. The van der Waals surface area contributed by atoms with Gasteiger partial charge in [-0.3, -0.25) is 4.79 Å². The maximum Gasteiger partial charge on any atom is 0.145 e. The molecule has 0 aromatic carbocycles. The van der Waals surface area contributed by atoms with Gasteiger partial charge in [0.15, 0.2) is 0 Å². The van der Waals surface area contributed by atoms with E-state index in [2.05, 4.69) is 13.8 Å². The van der Waals surface area contributed by atoms with E-state index in [1.165, 1.54) is 0 Å². The first-order valence-electron chi connectivity index (χ1n) is 7.16. The average Bonchev–Trinajstić information content (AvgIpc) is 2.56. The van der Waals surface area contributed by atoms with Crippen molar-refractivity contribution in [2.45, 2.75) is 52.7 Å². The smallest absolute Gasteiger partial charge is 0.145 e. The van der Waals surface area contributed by atoms with Crippen molar-refractivity contribution in [2.75, 3.05) is 0 Å². The summed E-state index contributed by atoms with van der Waals surface area (Å²) in [5, 5.41) is 20.9. The summed E-state index contributed by atoms with van der Waals surface area (Å²) >= 11 is 0. The third kappa shape index (κ3) is 1.04. The van der Waals surface area contributed by atoms with E-state index in [1.54, 1.807) is 0 Å². The van der Waals surface area contributed by atoms with Crippen LogP contribution in [-0.4, -0.2) is 28.2 Å². The van der Waals surface area contributed by atoms with Crippen LogP contribution in [0.4, 0.5) is 0 Å². The molecule has 7 atom stereocenters. The van der Waals surface area contributed by atoms with Gasteiger partial charge in [-0.2, -0.15) is 0 Å². The van der Waals surface area contributed by atoms with Crippen molar-refractivity contribution in [3.63, 3.8) is 0 Å². The Kier molecular flexibility index (Phi) is 2.36. The molecule has 0 aromatic heterocycles. The molecule has 0 spiro atoms. The lowest BCUT2D eigenvalue weighted by Gasteiger charge is -2.46. The van der Waals surface area contributed by atoms with Crippen LogP contribution in [0, 0.1) is 34.5 Å². The zero-order chi connectivity index (χ0) is 13.5. The predicted octanol–water partition coefficient (Wildman–Crippen LogP) is 1.62. The third-order valence-electron chi connectivity index (χ3n) is 6.79. The molecule has 0 aromatic rings. The number of aliphatic hydroxyl groups is 2. The lowest BCUT2D eigenvalue weighted by Crippen LogP contribution is -2.49. The summed E-state index contributed by atoms with van der Waals surface area (Å²) in [7, 11) is 0. The first-order chi connectivity index (χ1) is 8.26. The van der Waals surface area contributed by atoms with Crippen molar-refractivity contribution in [3.8, 4) is 0 Å². The standard InChI is InChI=1S/C15H24O3/c1-7(2)8-5-10(16)14(3)9-6-11(17)15(14,4)13(18)12(8)9/h7-12,16-17H,5-6H2,1-4H3/t8-,9-,10+,11-,12-,14-,15+/m0/s1. The Balaban J connectivity index is 2.13. The van der Waals surface area contributed by atoms with E-state index in [0.717, 1.165) is 0 Å². The fourth-order valence-electron chi connectivity index (χ4n) is 5.37. The van der Waals surface area contributed by atoms with Crippen molar-refractivity contribution in [3.05, 3.63) is 0 Å². The highest BCUT2D eigenvalue weighted by Gasteiger charge is 2.77. The minimum Gasteiger partial charge on any atom is -0.393 e. The normalized spacial score (nSPS) is 58.6. The molecule has 3 rings (SSSR count). The summed E-state index contributed by atoms with van der Waals surface area (Å²) in [5.74, 6) is 1.13. The number of Topliss-reactive ketones (excluding diaryl/α,β-unsaturated/α-hetero) is 1. The van der Waals surface area contributed by atoms with E-state index in [4.69, 9.17) is 0 Å². The number of ketones is 1. The van der Waals surface area contributed by atoms with Crippen molar-refractivity contribution in [2.24, 2.45) is 34.5 Å². The maximum atomic E-state index is 12.8. The zero-order valence-corrected chi connectivity index (χ0v) is 11.7. The van der Waals surface area contributed by atoms with Gasteiger partial charge in [0.2, 0.25) is 0 Å². The second kappa shape index (κ2) is 3.37. The predicted molar refractivity (Wildman–Crippen MR) is 67.8 cm³/mol. The lowest BCUT2D eigenvalue weighted by atomic mass is 9.60. The SMILES string of the molecule is CC(C)[C@@H]1C[C@@H](O)[C@]2(C)[C@H]3C[C@H](O)[C@]2(C)C(=O)[C@@H]13. The van der Waals surface area contributed by atoms with Crippen LogP contribution in [0.3, 0.4) is 0 Å². The van der Waals surface area contributed by atoms with Gasteiger partial charge in [-0.05, 0) is 37.5 Å². The number of aliphatic hydroxyl groups excluding tert-OH is 2.